The van der Waals surface area contributed by atoms with Gasteiger partial charge in [-0.3, -0.25) is 0 Å². The summed E-state index contributed by atoms with van der Waals surface area (Å²) in [6, 6.07) is 0.493. The zero-order chi connectivity index (χ0) is 8.06. The van der Waals surface area contributed by atoms with Crippen molar-refractivity contribution in [2.45, 2.75) is 45.6 Å². The van der Waals surface area contributed by atoms with Gasteiger partial charge in [-0.05, 0) is 30.1 Å². The summed E-state index contributed by atoms with van der Waals surface area (Å²) in [4.78, 5) is 0. The molecule has 0 aromatic rings. The van der Waals surface area contributed by atoms with Gasteiger partial charge in [0.05, 0.1) is 0 Å². The van der Waals surface area contributed by atoms with Crippen LogP contribution in [0.3, 0.4) is 0 Å². The molecule has 2 saturated carbocycles. The fourth-order valence-corrected chi connectivity index (χ4v) is 3.19. The summed E-state index contributed by atoms with van der Waals surface area (Å²) >= 11 is 0. The Bertz CT molecular complexity index is 162. The number of hydrogen-bond acceptors (Lipinski definition) is 1. The number of nitrogens with two attached hydrogens (primary N) is 1. The van der Waals surface area contributed by atoms with Crippen LogP contribution >= 0.6 is 0 Å². The third-order valence-electron chi connectivity index (χ3n) is 4.10. The molecule has 0 radical (unpaired) electrons. The van der Waals surface area contributed by atoms with Gasteiger partial charge in [0, 0.05) is 6.04 Å². The van der Waals surface area contributed by atoms with Gasteiger partial charge in [-0.1, -0.05) is 26.7 Å². The topological polar surface area (TPSA) is 26.0 Å². The maximum absolute atomic E-state index is 6.11. The molecule has 1 heteroatoms. The SMILES string of the molecule is CC1(C)[C@H](N)[C@H]2CCCC[C@H]21. The van der Waals surface area contributed by atoms with Crippen molar-refractivity contribution < 1.29 is 0 Å². The van der Waals surface area contributed by atoms with Gasteiger partial charge in [0.1, 0.15) is 0 Å². The summed E-state index contributed by atoms with van der Waals surface area (Å²) in [6.07, 6.45) is 5.70. The molecule has 3 atom stereocenters. The molecule has 0 aliphatic heterocycles. The van der Waals surface area contributed by atoms with E-state index in [-0.39, 0.29) is 0 Å². The Morgan fingerprint density at radius 3 is 2.45 bits per heavy atom. The molecule has 0 unspecified atom stereocenters. The Kier molecular flexibility index (Phi) is 1.54. The molecule has 0 aromatic carbocycles. The maximum Gasteiger partial charge on any atom is 0.0124 e. The van der Waals surface area contributed by atoms with Crippen LogP contribution in [0.15, 0.2) is 0 Å². The van der Waals surface area contributed by atoms with E-state index >= 15 is 0 Å². The third kappa shape index (κ3) is 0.868. The normalized spacial score (nSPS) is 47.7. The molecule has 2 rings (SSSR count). The van der Waals surface area contributed by atoms with E-state index in [1.54, 1.807) is 0 Å². The second-order valence-electron chi connectivity index (χ2n) is 4.90. The predicted octanol–water partition coefficient (Wildman–Crippen LogP) is 2.16. The summed E-state index contributed by atoms with van der Waals surface area (Å²) in [5, 5.41) is 0. The summed E-state index contributed by atoms with van der Waals surface area (Å²) in [6.45, 7) is 4.67. The van der Waals surface area contributed by atoms with Crippen LogP contribution in [-0.4, -0.2) is 6.04 Å². The lowest BCUT2D eigenvalue weighted by Gasteiger charge is -2.59. The number of rotatable bonds is 0. The second-order valence-corrected chi connectivity index (χ2v) is 4.90. The van der Waals surface area contributed by atoms with E-state index in [2.05, 4.69) is 13.8 Å². The molecule has 11 heavy (non-hydrogen) atoms. The number of fused-ring (bicyclic) bond motifs is 1. The molecule has 2 aliphatic rings. The quantitative estimate of drug-likeness (QED) is 0.567. The predicted molar refractivity (Wildman–Crippen MR) is 47.2 cm³/mol. The molecule has 64 valence electrons. The maximum atomic E-state index is 6.11. The summed E-state index contributed by atoms with van der Waals surface area (Å²) < 4.78 is 0. The van der Waals surface area contributed by atoms with E-state index < -0.39 is 0 Å². The average molecular weight is 153 g/mol. The van der Waals surface area contributed by atoms with E-state index in [1.165, 1.54) is 25.7 Å². The third-order valence-corrected chi connectivity index (χ3v) is 4.10. The number of hydrogen-bond donors (Lipinski definition) is 1. The van der Waals surface area contributed by atoms with Crippen molar-refractivity contribution in [3.63, 3.8) is 0 Å². The Balaban J connectivity index is 2.09. The first kappa shape index (κ1) is 7.60. The minimum absolute atomic E-state index is 0.449. The molecule has 0 amide bonds. The molecule has 2 fully saturated rings. The zero-order valence-electron chi connectivity index (χ0n) is 7.64. The van der Waals surface area contributed by atoms with Gasteiger partial charge >= 0.3 is 0 Å². The van der Waals surface area contributed by atoms with Crippen LogP contribution < -0.4 is 5.73 Å². The highest BCUT2D eigenvalue weighted by molar-refractivity contribution is 5.06. The Hall–Kier alpha value is -0.0400. The fraction of sp³-hybridized carbons (Fsp3) is 1.00. The van der Waals surface area contributed by atoms with Crippen molar-refractivity contribution in [1.29, 1.82) is 0 Å². The Morgan fingerprint density at radius 1 is 1.18 bits per heavy atom. The minimum atomic E-state index is 0.449. The van der Waals surface area contributed by atoms with Gasteiger partial charge in [-0.25, -0.2) is 0 Å². The molecular formula is C10H19N. The van der Waals surface area contributed by atoms with Crippen LogP contribution in [0.2, 0.25) is 0 Å². The molecule has 0 aromatic heterocycles. The summed E-state index contributed by atoms with van der Waals surface area (Å²) in [5.41, 5.74) is 6.56. The van der Waals surface area contributed by atoms with E-state index in [0.29, 0.717) is 11.5 Å². The Morgan fingerprint density at radius 2 is 1.82 bits per heavy atom. The second kappa shape index (κ2) is 2.22. The van der Waals surface area contributed by atoms with E-state index in [0.717, 1.165) is 11.8 Å². The van der Waals surface area contributed by atoms with E-state index in [4.69, 9.17) is 5.73 Å². The van der Waals surface area contributed by atoms with Gasteiger partial charge in [0.25, 0.3) is 0 Å². The molecule has 1 nitrogen and oxygen atoms in total. The van der Waals surface area contributed by atoms with Crippen LogP contribution in [0.25, 0.3) is 0 Å². The van der Waals surface area contributed by atoms with Crippen LogP contribution in [0.5, 0.6) is 0 Å². The highest BCUT2D eigenvalue weighted by atomic mass is 14.8. The van der Waals surface area contributed by atoms with Crippen LogP contribution in [0, 0.1) is 17.3 Å². The fourth-order valence-electron chi connectivity index (χ4n) is 3.19. The highest BCUT2D eigenvalue weighted by Crippen LogP contribution is 2.55. The summed E-state index contributed by atoms with van der Waals surface area (Å²) in [5.74, 6) is 1.82. The lowest BCUT2D eigenvalue weighted by atomic mass is 9.48. The molecule has 2 aliphatic carbocycles. The Labute approximate surface area is 69.4 Å². The van der Waals surface area contributed by atoms with Crippen molar-refractivity contribution in [1.82, 2.24) is 0 Å². The van der Waals surface area contributed by atoms with Crippen LogP contribution in [-0.2, 0) is 0 Å². The molecule has 2 N–H and O–H groups in total. The van der Waals surface area contributed by atoms with Gasteiger partial charge in [-0.2, -0.15) is 0 Å². The first-order chi connectivity index (χ1) is 5.14. The van der Waals surface area contributed by atoms with Crippen molar-refractivity contribution in [3.05, 3.63) is 0 Å². The van der Waals surface area contributed by atoms with Gasteiger partial charge < -0.3 is 5.73 Å². The monoisotopic (exact) mass is 153 g/mol. The lowest BCUT2D eigenvalue weighted by molar-refractivity contribution is -0.0695. The standard InChI is InChI=1S/C10H19N/c1-10(2)8-6-4-3-5-7(8)9(10)11/h7-9H,3-6,11H2,1-2H3/t7-,8+,9+/m0/s1. The lowest BCUT2D eigenvalue weighted by Crippen LogP contribution is -2.63. The van der Waals surface area contributed by atoms with Crippen molar-refractivity contribution in [3.8, 4) is 0 Å². The van der Waals surface area contributed by atoms with Crippen LogP contribution in [0.4, 0.5) is 0 Å². The first-order valence-corrected chi connectivity index (χ1v) is 4.89. The smallest absolute Gasteiger partial charge is 0.0124 e. The van der Waals surface area contributed by atoms with Gasteiger partial charge in [0.2, 0.25) is 0 Å². The molecule has 0 heterocycles. The molecule has 0 bridgehead atoms. The largest absolute Gasteiger partial charge is 0.327 e. The van der Waals surface area contributed by atoms with E-state index in [1.807, 2.05) is 0 Å². The molecular weight excluding hydrogens is 134 g/mol. The molecule has 0 spiro atoms. The van der Waals surface area contributed by atoms with Gasteiger partial charge in [0.15, 0.2) is 0 Å². The average Bonchev–Trinajstić information content (AvgIpc) is 2.04. The van der Waals surface area contributed by atoms with E-state index in [9.17, 15) is 0 Å². The van der Waals surface area contributed by atoms with Crippen molar-refractivity contribution >= 4 is 0 Å². The minimum Gasteiger partial charge on any atom is -0.327 e. The first-order valence-electron chi connectivity index (χ1n) is 4.89. The molecule has 0 saturated heterocycles. The zero-order valence-corrected chi connectivity index (χ0v) is 7.64. The summed E-state index contributed by atoms with van der Waals surface area (Å²) in [7, 11) is 0. The van der Waals surface area contributed by atoms with Crippen LogP contribution in [0.1, 0.15) is 39.5 Å². The van der Waals surface area contributed by atoms with Crippen molar-refractivity contribution in [2.24, 2.45) is 23.0 Å². The highest BCUT2D eigenvalue weighted by Gasteiger charge is 2.54. The van der Waals surface area contributed by atoms with Gasteiger partial charge in [-0.15, -0.1) is 0 Å². The van der Waals surface area contributed by atoms with Crippen molar-refractivity contribution in [2.75, 3.05) is 0 Å².